The number of aryl methyl sites for hydroxylation is 2. The molecule has 88 valence electrons. The second-order valence-electron chi connectivity index (χ2n) is 4.35. The van der Waals surface area contributed by atoms with Gasteiger partial charge in [-0.3, -0.25) is 0 Å². The Morgan fingerprint density at radius 2 is 1.65 bits per heavy atom. The van der Waals surface area contributed by atoms with Gasteiger partial charge in [0, 0.05) is 5.02 Å². The first kappa shape index (κ1) is 12.0. The fourth-order valence-electron chi connectivity index (χ4n) is 2.01. The van der Waals surface area contributed by atoms with Crippen LogP contribution in [0.25, 0.3) is 0 Å². The molecule has 0 aliphatic rings. The second kappa shape index (κ2) is 4.80. The van der Waals surface area contributed by atoms with Crippen molar-refractivity contribution in [3.63, 3.8) is 0 Å². The molecule has 0 aliphatic carbocycles. The minimum absolute atomic E-state index is 0.382. The van der Waals surface area contributed by atoms with E-state index in [1.807, 2.05) is 50.2 Å². The Hall–Kier alpha value is -1.47. The molecular formula is C15H15ClO. The van der Waals surface area contributed by atoms with Crippen LogP contribution in [0.4, 0.5) is 0 Å². The average molecular weight is 247 g/mol. The molecule has 0 amide bonds. The van der Waals surface area contributed by atoms with Crippen molar-refractivity contribution in [3.05, 3.63) is 63.7 Å². The third-order valence-corrected chi connectivity index (χ3v) is 3.27. The lowest BCUT2D eigenvalue weighted by Crippen LogP contribution is -1.92. The zero-order valence-corrected chi connectivity index (χ0v) is 10.8. The highest BCUT2D eigenvalue weighted by Gasteiger charge is 2.05. The van der Waals surface area contributed by atoms with Crippen LogP contribution in [0.15, 0.2) is 36.4 Å². The van der Waals surface area contributed by atoms with Crippen LogP contribution in [0.5, 0.6) is 5.75 Å². The Bertz CT molecular complexity index is 523. The molecule has 1 nitrogen and oxygen atoms in total. The Morgan fingerprint density at radius 1 is 1.06 bits per heavy atom. The van der Waals surface area contributed by atoms with E-state index in [2.05, 4.69) is 0 Å². The van der Waals surface area contributed by atoms with Gasteiger partial charge in [0.05, 0.1) is 0 Å². The van der Waals surface area contributed by atoms with E-state index in [1.54, 1.807) is 0 Å². The van der Waals surface area contributed by atoms with Gasteiger partial charge in [0.1, 0.15) is 5.75 Å². The third kappa shape index (κ3) is 2.62. The molecule has 0 saturated carbocycles. The predicted molar refractivity (Wildman–Crippen MR) is 71.8 cm³/mol. The van der Waals surface area contributed by atoms with Crippen molar-refractivity contribution in [2.24, 2.45) is 0 Å². The molecule has 0 radical (unpaired) electrons. The molecule has 0 fully saturated rings. The second-order valence-corrected chi connectivity index (χ2v) is 4.75. The largest absolute Gasteiger partial charge is 0.507 e. The number of phenols is 1. The van der Waals surface area contributed by atoms with E-state index >= 15 is 0 Å². The molecule has 2 aromatic carbocycles. The molecule has 0 atom stereocenters. The van der Waals surface area contributed by atoms with Crippen LogP contribution in [-0.2, 0) is 6.42 Å². The number of benzene rings is 2. The van der Waals surface area contributed by atoms with Crippen LogP contribution >= 0.6 is 11.6 Å². The molecule has 17 heavy (non-hydrogen) atoms. The molecule has 2 rings (SSSR count). The van der Waals surface area contributed by atoms with E-state index in [0.717, 1.165) is 28.1 Å². The molecule has 0 aliphatic heterocycles. The molecule has 0 unspecified atom stereocenters. The molecule has 2 aromatic rings. The Kier molecular flexibility index (Phi) is 3.39. The minimum atomic E-state index is 0.382. The number of aromatic hydroxyl groups is 1. The maximum atomic E-state index is 9.73. The van der Waals surface area contributed by atoms with Crippen molar-refractivity contribution in [2.45, 2.75) is 20.3 Å². The van der Waals surface area contributed by atoms with Crippen molar-refractivity contribution >= 4 is 11.6 Å². The summed E-state index contributed by atoms with van der Waals surface area (Å²) >= 11 is 6.14. The Balaban J connectivity index is 2.34. The quantitative estimate of drug-likeness (QED) is 0.840. The average Bonchev–Trinajstić information content (AvgIpc) is 2.29. The summed E-state index contributed by atoms with van der Waals surface area (Å²) in [4.78, 5) is 0. The molecule has 2 heteroatoms. The van der Waals surface area contributed by atoms with Crippen molar-refractivity contribution in [1.82, 2.24) is 0 Å². The number of rotatable bonds is 2. The smallest absolute Gasteiger partial charge is 0.121 e. The van der Waals surface area contributed by atoms with Crippen LogP contribution < -0.4 is 0 Å². The van der Waals surface area contributed by atoms with Gasteiger partial charge in [-0.25, -0.2) is 0 Å². The van der Waals surface area contributed by atoms with Crippen molar-refractivity contribution in [3.8, 4) is 5.75 Å². The lowest BCUT2D eigenvalue weighted by Gasteiger charge is -2.09. The SMILES string of the molecule is Cc1cc(Cc2ccccc2Cl)cc(C)c1O. The summed E-state index contributed by atoms with van der Waals surface area (Å²) in [6.45, 7) is 3.83. The lowest BCUT2D eigenvalue weighted by molar-refractivity contribution is 0.466. The summed E-state index contributed by atoms with van der Waals surface area (Å²) in [7, 11) is 0. The lowest BCUT2D eigenvalue weighted by atomic mass is 10.00. The highest BCUT2D eigenvalue weighted by molar-refractivity contribution is 6.31. The fourth-order valence-corrected chi connectivity index (χ4v) is 2.21. The minimum Gasteiger partial charge on any atom is -0.507 e. The standard InChI is InChI=1S/C15H15ClO/c1-10-7-12(8-11(2)15(10)17)9-13-5-3-4-6-14(13)16/h3-8,17H,9H2,1-2H3. The number of hydrogen-bond acceptors (Lipinski definition) is 1. The van der Waals surface area contributed by atoms with Gasteiger partial charge in [0.25, 0.3) is 0 Å². The van der Waals surface area contributed by atoms with Gasteiger partial charge in [0.2, 0.25) is 0 Å². The van der Waals surface area contributed by atoms with E-state index in [1.165, 1.54) is 5.56 Å². The molecular weight excluding hydrogens is 232 g/mol. The summed E-state index contributed by atoms with van der Waals surface area (Å²) in [5.41, 5.74) is 4.10. The molecule has 1 N–H and O–H groups in total. The van der Waals surface area contributed by atoms with E-state index in [0.29, 0.717) is 5.75 Å². The highest BCUT2D eigenvalue weighted by atomic mass is 35.5. The normalized spacial score (nSPS) is 10.5. The summed E-state index contributed by atoms with van der Waals surface area (Å²) in [6.07, 6.45) is 0.793. The van der Waals surface area contributed by atoms with Crippen LogP contribution in [0.1, 0.15) is 22.3 Å². The molecule has 0 saturated heterocycles. The Morgan fingerprint density at radius 3 is 2.24 bits per heavy atom. The summed E-state index contributed by atoms with van der Waals surface area (Å²) < 4.78 is 0. The van der Waals surface area contributed by atoms with Crippen LogP contribution in [0, 0.1) is 13.8 Å². The maximum Gasteiger partial charge on any atom is 0.121 e. The first-order chi connectivity index (χ1) is 8.08. The zero-order chi connectivity index (χ0) is 12.4. The van der Waals surface area contributed by atoms with Gasteiger partial charge in [-0.05, 0) is 48.6 Å². The highest BCUT2D eigenvalue weighted by Crippen LogP contribution is 2.25. The van der Waals surface area contributed by atoms with Gasteiger partial charge < -0.3 is 5.11 Å². The van der Waals surface area contributed by atoms with E-state index < -0.39 is 0 Å². The van der Waals surface area contributed by atoms with E-state index in [4.69, 9.17) is 11.6 Å². The van der Waals surface area contributed by atoms with Crippen LogP contribution in [0.2, 0.25) is 5.02 Å². The fraction of sp³-hybridized carbons (Fsp3) is 0.200. The molecule has 0 heterocycles. The number of halogens is 1. The summed E-state index contributed by atoms with van der Waals surface area (Å²) in [5.74, 6) is 0.382. The van der Waals surface area contributed by atoms with Crippen molar-refractivity contribution in [1.29, 1.82) is 0 Å². The first-order valence-corrected chi connectivity index (χ1v) is 5.98. The number of hydrogen-bond donors (Lipinski definition) is 1. The van der Waals surface area contributed by atoms with Gasteiger partial charge in [-0.15, -0.1) is 0 Å². The van der Waals surface area contributed by atoms with Crippen LogP contribution in [0.3, 0.4) is 0 Å². The number of phenolic OH excluding ortho intramolecular Hbond substituents is 1. The van der Waals surface area contributed by atoms with Gasteiger partial charge in [0.15, 0.2) is 0 Å². The molecule has 0 aromatic heterocycles. The van der Waals surface area contributed by atoms with Crippen molar-refractivity contribution < 1.29 is 5.11 Å². The molecule has 0 spiro atoms. The molecule has 0 bridgehead atoms. The maximum absolute atomic E-state index is 9.73. The van der Waals surface area contributed by atoms with Crippen LogP contribution in [-0.4, -0.2) is 5.11 Å². The van der Waals surface area contributed by atoms with Gasteiger partial charge in [-0.1, -0.05) is 41.9 Å². The predicted octanol–water partition coefficient (Wildman–Crippen LogP) is 4.25. The Labute approximate surface area is 107 Å². The van der Waals surface area contributed by atoms with E-state index in [9.17, 15) is 5.11 Å². The summed E-state index contributed by atoms with van der Waals surface area (Å²) in [6, 6.07) is 11.9. The van der Waals surface area contributed by atoms with Crippen molar-refractivity contribution in [2.75, 3.05) is 0 Å². The summed E-state index contributed by atoms with van der Waals surface area (Å²) in [5, 5.41) is 10.5. The van der Waals surface area contributed by atoms with Gasteiger partial charge >= 0.3 is 0 Å². The zero-order valence-electron chi connectivity index (χ0n) is 10.00. The monoisotopic (exact) mass is 246 g/mol. The first-order valence-electron chi connectivity index (χ1n) is 5.60. The third-order valence-electron chi connectivity index (χ3n) is 2.90. The topological polar surface area (TPSA) is 20.2 Å². The van der Waals surface area contributed by atoms with Gasteiger partial charge in [-0.2, -0.15) is 0 Å². The van der Waals surface area contributed by atoms with E-state index in [-0.39, 0.29) is 0 Å².